The van der Waals surface area contributed by atoms with Crippen LogP contribution in [0.4, 0.5) is 0 Å². The number of benzene rings is 1. The van der Waals surface area contributed by atoms with Crippen molar-refractivity contribution >= 4 is 34.0 Å². The van der Waals surface area contributed by atoms with Crippen LogP contribution in [0.25, 0.3) is 16.7 Å². The van der Waals surface area contributed by atoms with Crippen molar-refractivity contribution in [3.63, 3.8) is 0 Å². The standard InChI is InChI=1S/C12H9ClN2S/c13-7-12-14-10-3-1-2-4-11(10)15(12)9-5-6-16-8-9/h1-6,8H,7H2. The van der Waals surface area contributed by atoms with Gasteiger partial charge in [-0.2, -0.15) is 11.3 Å². The number of rotatable bonds is 2. The number of fused-ring (bicyclic) bond motifs is 1. The van der Waals surface area contributed by atoms with Gasteiger partial charge in [-0.1, -0.05) is 12.1 Å². The van der Waals surface area contributed by atoms with Gasteiger partial charge in [0.05, 0.1) is 22.6 Å². The predicted molar refractivity (Wildman–Crippen MR) is 68.5 cm³/mol. The molecule has 2 heterocycles. The molecule has 0 aliphatic rings. The van der Waals surface area contributed by atoms with Gasteiger partial charge in [0.1, 0.15) is 5.82 Å². The predicted octanol–water partition coefficient (Wildman–Crippen LogP) is 3.83. The molecule has 1 aromatic carbocycles. The van der Waals surface area contributed by atoms with E-state index in [-0.39, 0.29) is 0 Å². The fourth-order valence-corrected chi connectivity index (χ4v) is 2.64. The molecule has 0 aliphatic carbocycles. The zero-order valence-electron chi connectivity index (χ0n) is 8.43. The number of hydrogen-bond donors (Lipinski definition) is 0. The van der Waals surface area contributed by atoms with E-state index in [4.69, 9.17) is 11.6 Å². The Morgan fingerprint density at radius 2 is 2.12 bits per heavy atom. The molecule has 0 aliphatic heterocycles. The van der Waals surface area contributed by atoms with E-state index in [0.717, 1.165) is 22.5 Å². The molecule has 0 amide bonds. The van der Waals surface area contributed by atoms with Gasteiger partial charge < -0.3 is 0 Å². The van der Waals surface area contributed by atoms with Gasteiger partial charge in [0.15, 0.2) is 0 Å². The summed E-state index contributed by atoms with van der Waals surface area (Å²) in [6.45, 7) is 0. The van der Waals surface area contributed by atoms with Gasteiger partial charge in [0.25, 0.3) is 0 Å². The maximum absolute atomic E-state index is 5.94. The number of halogens is 1. The highest BCUT2D eigenvalue weighted by molar-refractivity contribution is 7.08. The third-order valence-electron chi connectivity index (χ3n) is 2.51. The molecule has 0 spiro atoms. The van der Waals surface area contributed by atoms with Crippen LogP contribution in [0, 0.1) is 0 Å². The van der Waals surface area contributed by atoms with Crippen molar-refractivity contribution in [3.8, 4) is 5.69 Å². The second kappa shape index (κ2) is 3.92. The quantitative estimate of drug-likeness (QED) is 0.631. The summed E-state index contributed by atoms with van der Waals surface area (Å²) < 4.78 is 2.11. The van der Waals surface area contributed by atoms with Gasteiger partial charge in [0, 0.05) is 5.38 Å². The van der Waals surface area contributed by atoms with Crippen LogP contribution in [0.2, 0.25) is 0 Å². The van der Waals surface area contributed by atoms with Crippen molar-refractivity contribution in [1.29, 1.82) is 0 Å². The average Bonchev–Trinajstić information content (AvgIpc) is 2.94. The molecule has 80 valence electrons. The maximum Gasteiger partial charge on any atom is 0.129 e. The lowest BCUT2D eigenvalue weighted by atomic mass is 10.3. The molecule has 3 rings (SSSR count). The number of imidazole rings is 1. The lowest BCUT2D eigenvalue weighted by molar-refractivity contribution is 0.987. The second-order valence-corrected chi connectivity index (χ2v) is 4.51. The zero-order valence-corrected chi connectivity index (χ0v) is 10.0. The number of thiophene rings is 1. The topological polar surface area (TPSA) is 17.8 Å². The third-order valence-corrected chi connectivity index (χ3v) is 3.42. The fraction of sp³-hybridized carbons (Fsp3) is 0.0833. The number of alkyl halides is 1. The minimum atomic E-state index is 0.421. The minimum Gasteiger partial charge on any atom is -0.294 e. The number of hydrogen-bond acceptors (Lipinski definition) is 2. The van der Waals surface area contributed by atoms with Crippen molar-refractivity contribution in [2.45, 2.75) is 5.88 Å². The van der Waals surface area contributed by atoms with E-state index in [1.807, 2.05) is 18.2 Å². The molecule has 0 radical (unpaired) electrons. The highest BCUT2D eigenvalue weighted by Gasteiger charge is 2.10. The van der Waals surface area contributed by atoms with Crippen molar-refractivity contribution in [3.05, 3.63) is 46.9 Å². The SMILES string of the molecule is ClCc1nc2ccccc2n1-c1ccsc1. The first-order chi connectivity index (χ1) is 7.90. The molecule has 0 N–H and O–H groups in total. The van der Waals surface area contributed by atoms with Gasteiger partial charge in [-0.15, -0.1) is 11.6 Å². The third kappa shape index (κ3) is 1.44. The van der Waals surface area contributed by atoms with E-state index in [1.54, 1.807) is 11.3 Å². The van der Waals surface area contributed by atoms with E-state index < -0.39 is 0 Å². The molecule has 0 atom stereocenters. The summed E-state index contributed by atoms with van der Waals surface area (Å²) in [7, 11) is 0. The van der Waals surface area contributed by atoms with Crippen molar-refractivity contribution in [2.75, 3.05) is 0 Å². The molecule has 0 unspecified atom stereocenters. The highest BCUT2D eigenvalue weighted by atomic mass is 35.5. The summed E-state index contributed by atoms with van der Waals surface area (Å²) in [5, 5.41) is 4.16. The number of nitrogens with zero attached hydrogens (tertiary/aromatic N) is 2. The molecular weight excluding hydrogens is 240 g/mol. The van der Waals surface area contributed by atoms with Gasteiger partial charge in [-0.05, 0) is 23.6 Å². The van der Waals surface area contributed by atoms with E-state index in [2.05, 4.69) is 32.4 Å². The molecule has 2 nitrogen and oxygen atoms in total. The zero-order chi connectivity index (χ0) is 11.0. The number of aromatic nitrogens is 2. The Hall–Kier alpha value is -1.32. The molecule has 0 bridgehead atoms. The monoisotopic (exact) mass is 248 g/mol. The van der Waals surface area contributed by atoms with E-state index in [9.17, 15) is 0 Å². The van der Waals surface area contributed by atoms with E-state index in [0.29, 0.717) is 5.88 Å². The van der Waals surface area contributed by atoms with Crippen molar-refractivity contribution < 1.29 is 0 Å². The Bertz CT molecular complexity index is 613. The molecule has 0 saturated carbocycles. The molecule has 4 heteroatoms. The Morgan fingerprint density at radius 1 is 1.25 bits per heavy atom. The van der Waals surface area contributed by atoms with Crippen LogP contribution in [0.15, 0.2) is 41.1 Å². The Morgan fingerprint density at radius 3 is 2.88 bits per heavy atom. The minimum absolute atomic E-state index is 0.421. The van der Waals surface area contributed by atoms with Crippen LogP contribution in [0.5, 0.6) is 0 Å². The lowest BCUT2D eigenvalue weighted by Gasteiger charge is -2.03. The van der Waals surface area contributed by atoms with E-state index >= 15 is 0 Å². The first kappa shape index (κ1) is 9.87. The highest BCUT2D eigenvalue weighted by Crippen LogP contribution is 2.23. The van der Waals surface area contributed by atoms with Gasteiger partial charge in [-0.3, -0.25) is 4.57 Å². The van der Waals surface area contributed by atoms with Crippen molar-refractivity contribution in [1.82, 2.24) is 9.55 Å². The molecule has 16 heavy (non-hydrogen) atoms. The molecule has 0 fully saturated rings. The molecule has 0 saturated heterocycles. The van der Waals surface area contributed by atoms with Crippen LogP contribution in [-0.4, -0.2) is 9.55 Å². The van der Waals surface area contributed by atoms with Crippen LogP contribution < -0.4 is 0 Å². The largest absolute Gasteiger partial charge is 0.294 e. The molecule has 3 aromatic rings. The van der Waals surface area contributed by atoms with Crippen LogP contribution >= 0.6 is 22.9 Å². The van der Waals surface area contributed by atoms with Crippen LogP contribution in [0.1, 0.15) is 5.82 Å². The summed E-state index contributed by atoms with van der Waals surface area (Å²) >= 11 is 7.61. The fourth-order valence-electron chi connectivity index (χ4n) is 1.84. The average molecular weight is 249 g/mol. The van der Waals surface area contributed by atoms with E-state index in [1.165, 1.54) is 0 Å². The van der Waals surface area contributed by atoms with Gasteiger partial charge >= 0.3 is 0 Å². The van der Waals surface area contributed by atoms with Crippen LogP contribution in [-0.2, 0) is 5.88 Å². The summed E-state index contributed by atoms with van der Waals surface area (Å²) in [6.07, 6.45) is 0. The molecule has 2 aromatic heterocycles. The smallest absolute Gasteiger partial charge is 0.129 e. The summed E-state index contributed by atoms with van der Waals surface area (Å²) in [6, 6.07) is 10.2. The second-order valence-electron chi connectivity index (χ2n) is 3.47. The summed E-state index contributed by atoms with van der Waals surface area (Å²) in [5.41, 5.74) is 3.23. The Kier molecular flexibility index (Phi) is 2.42. The van der Waals surface area contributed by atoms with Crippen LogP contribution in [0.3, 0.4) is 0 Å². The van der Waals surface area contributed by atoms with Gasteiger partial charge in [-0.25, -0.2) is 4.98 Å². The normalized spacial score (nSPS) is 11.1. The Balaban J connectivity index is 2.36. The number of para-hydroxylation sites is 2. The van der Waals surface area contributed by atoms with Crippen molar-refractivity contribution in [2.24, 2.45) is 0 Å². The first-order valence-corrected chi connectivity index (χ1v) is 6.43. The maximum atomic E-state index is 5.94. The summed E-state index contributed by atoms with van der Waals surface area (Å²) in [5.74, 6) is 1.31. The lowest BCUT2D eigenvalue weighted by Crippen LogP contribution is -1.97. The van der Waals surface area contributed by atoms with Gasteiger partial charge in [0.2, 0.25) is 0 Å². The first-order valence-electron chi connectivity index (χ1n) is 4.95. The Labute approximate surface area is 102 Å². The molecular formula is C12H9ClN2S. The summed E-state index contributed by atoms with van der Waals surface area (Å²) in [4.78, 5) is 4.52.